The number of anilines is 1. The molecule has 0 radical (unpaired) electrons. The number of hydrogen-bond acceptors (Lipinski definition) is 5. The molecule has 0 aromatic heterocycles. The second kappa shape index (κ2) is 8.61. The fourth-order valence-electron chi connectivity index (χ4n) is 3.50. The van der Waals surface area contributed by atoms with Crippen LogP contribution in [0.25, 0.3) is 6.08 Å². The van der Waals surface area contributed by atoms with Gasteiger partial charge in [-0.3, -0.25) is 19.4 Å². The van der Waals surface area contributed by atoms with Crippen LogP contribution < -0.4 is 4.90 Å². The second-order valence-corrected chi connectivity index (χ2v) is 8.68. The van der Waals surface area contributed by atoms with Gasteiger partial charge >= 0.3 is 0 Å². The molecule has 2 heterocycles. The molecule has 0 atom stereocenters. The van der Waals surface area contributed by atoms with Gasteiger partial charge in [0.2, 0.25) is 0 Å². The number of piperazine rings is 1. The molecule has 0 bridgehead atoms. The molecule has 2 fully saturated rings. The maximum Gasteiger partial charge on any atom is 0.294 e. The van der Waals surface area contributed by atoms with Crippen molar-refractivity contribution in [3.05, 3.63) is 69.6 Å². The van der Waals surface area contributed by atoms with Gasteiger partial charge in [0.05, 0.1) is 11.6 Å². The lowest BCUT2D eigenvalue weighted by molar-refractivity contribution is -0.124. The molecule has 0 aliphatic carbocycles. The van der Waals surface area contributed by atoms with Crippen molar-refractivity contribution in [1.82, 2.24) is 9.80 Å². The first kappa shape index (κ1) is 20.0. The third kappa shape index (κ3) is 4.66. The van der Waals surface area contributed by atoms with Crippen LogP contribution in [0.5, 0.6) is 0 Å². The molecule has 0 N–H and O–H groups in total. The molecular weight excluding hydrogens is 406 g/mol. The van der Waals surface area contributed by atoms with E-state index < -0.39 is 0 Å². The summed E-state index contributed by atoms with van der Waals surface area (Å²) >= 11 is 6.90. The van der Waals surface area contributed by atoms with Crippen molar-refractivity contribution in [3.63, 3.8) is 0 Å². The number of carbonyl (C=O) groups is 2. The van der Waals surface area contributed by atoms with Crippen LogP contribution in [0.2, 0.25) is 5.02 Å². The van der Waals surface area contributed by atoms with Gasteiger partial charge in [-0.2, -0.15) is 0 Å². The average Bonchev–Trinajstić information content (AvgIpc) is 2.98. The summed E-state index contributed by atoms with van der Waals surface area (Å²) in [7, 11) is 0. The van der Waals surface area contributed by atoms with Crippen LogP contribution in [0.1, 0.15) is 11.1 Å². The Hall–Kier alpha value is -2.28. The normalized spacial score (nSPS) is 19.4. The first-order chi connectivity index (χ1) is 14.0. The van der Waals surface area contributed by atoms with Crippen LogP contribution >= 0.6 is 23.4 Å². The molecule has 7 heteroatoms. The highest BCUT2D eigenvalue weighted by molar-refractivity contribution is 8.18. The van der Waals surface area contributed by atoms with Gasteiger partial charge in [-0.05, 0) is 60.2 Å². The highest BCUT2D eigenvalue weighted by Gasteiger charge is 2.36. The molecule has 150 valence electrons. The third-order valence-electron chi connectivity index (χ3n) is 5.12. The number of aryl methyl sites for hydroxylation is 1. The minimum atomic E-state index is -0.226. The highest BCUT2D eigenvalue weighted by atomic mass is 35.5. The fourth-order valence-corrected chi connectivity index (χ4v) is 4.46. The molecule has 2 aliphatic rings. The molecule has 0 spiro atoms. The summed E-state index contributed by atoms with van der Waals surface area (Å²) in [4.78, 5) is 31.4. The molecule has 0 unspecified atom stereocenters. The average molecular weight is 428 g/mol. The van der Waals surface area contributed by atoms with Crippen LogP contribution in [-0.4, -0.2) is 53.8 Å². The Bertz CT molecular complexity index is 953. The predicted octanol–water partition coefficient (Wildman–Crippen LogP) is 4.46. The Morgan fingerprint density at radius 1 is 1.03 bits per heavy atom. The topological polar surface area (TPSA) is 43.9 Å². The smallest absolute Gasteiger partial charge is 0.294 e. The molecule has 2 aliphatic heterocycles. The van der Waals surface area contributed by atoms with Crippen molar-refractivity contribution < 1.29 is 9.59 Å². The maximum atomic E-state index is 12.7. The lowest BCUT2D eigenvalue weighted by Crippen LogP contribution is -2.50. The summed E-state index contributed by atoms with van der Waals surface area (Å²) in [5, 5.41) is 0.427. The molecular formula is C22H22ClN3O2S. The summed E-state index contributed by atoms with van der Waals surface area (Å²) < 4.78 is 0. The Labute approximate surface area is 179 Å². The fraction of sp³-hybridized carbons (Fsp3) is 0.273. The zero-order valence-corrected chi connectivity index (χ0v) is 17.7. The molecule has 2 saturated heterocycles. The van der Waals surface area contributed by atoms with Crippen molar-refractivity contribution in [2.24, 2.45) is 0 Å². The largest absolute Gasteiger partial charge is 0.369 e. The minimum Gasteiger partial charge on any atom is -0.369 e. The van der Waals surface area contributed by atoms with E-state index in [-0.39, 0.29) is 11.1 Å². The van der Waals surface area contributed by atoms with E-state index in [0.29, 0.717) is 16.6 Å². The predicted molar refractivity (Wildman–Crippen MR) is 119 cm³/mol. The summed E-state index contributed by atoms with van der Waals surface area (Å²) in [6.07, 6.45) is 1.75. The number of thioether (sulfide) groups is 1. The molecule has 29 heavy (non-hydrogen) atoms. The van der Waals surface area contributed by atoms with Crippen LogP contribution in [0.4, 0.5) is 10.5 Å². The van der Waals surface area contributed by atoms with Gasteiger partial charge in [-0.1, -0.05) is 35.9 Å². The lowest BCUT2D eigenvalue weighted by Gasteiger charge is -2.37. The molecule has 4 rings (SSSR count). The number of amides is 2. The van der Waals surface area contributed by atoms with E-state index in [9.17, 15) is 9.59 Å². The minimum absolute atomic E-state index is 0.212. The second-order valence-electron chi connectivity index (χ2n) is 7.25. The van der Waals surface area contributed by atoms with Gasteiger partial charge < -0.3 is 4.90 Å². The standard InChI is InChI=1S/C22H22ClN3O2S/c1-16-3-2-4-19(13-16)25-11-9-24(10-12-25)15-26-21(27)20(29-22(26)28)14-17-5-7-18(23)8-6-17/h2-8,13-14H,9-12,15H2,1H3. The summed E-state index contributed by atoms with van der Waals surface area (Å²) in [5.74, 6) is -0.226. The first-order valence-electron chi connectivity index (χ1n) is 9.54. The molecule has 2 aromatic rings. The van der Waals surface area contributed by atoms with Gasteiger partial charge in [0.15, 0.2) is 0 Å². The van der Waals surface area contributed by atoms with Gasteiger partial charge in [-0.15, -0.1) is 0 Å². The zero-order valence-electron chi connectivity index (χ0n) is 16.2. The third-order valence-corrected chi connectivity index (χ3v) is 6.28. The number of benzene rings is 2. The van der Waals surface area contributed by atoms with E-state index in [1.807, 2.05) is 12.1 Å². The Morgan fingerprint density at radius 2 is 1.76 bits per heavy atom. The molecule has 0 saturated carbocycles. The Kier molecular flexibility index (Phi) is 5.94. The van der Waals surface area contributed by atoms with Crippen LogP contribution in [-0.2, 0) is 4.79 Å². The molecule has 5 nitrogen and oxygen atoms in total. The van der Waals surface area contributed by atoms with Crippen LogP contribution in [0.15, 0.2) is 53.4 Å². The van der Waals surface area contributed by atoms with E-state index in [4.69, 9.17) is 11.6 Å². The Balaban J connectivity index is 1.37. The lowest BCUT2D eigenvalue weighted by atomic mass is 10.2. The van der Waals surface area contributed by atoms with E-state index in [0.717, 1.165) is 43.5 Å². The number of carbonyl (C=O) groups excluding carboxylic acids is 2. The van der Waals surface area contributed by atoms with Crippen molar-refractivity contribution in [2.45, 2.75) is 6.92 Å². The summed E-state index contributed by atoms with van der Waals surface area (Å²) in [6.45, 7) is 5.81. The van der Waals surface area contributed by atoms with E-state index in [1.165, 1.54) is 16.2 Å². The van der Waals surface area contributed by atoms with E-state index >= 15 is 0 Å². The maximum absolute atomic E-state index is 12.7. The summed E-state index contributed by atoms with van der Waals surface area (Å²) in [5.41, 5.74) is 3.32. The summed E-state index contributed by atoms with van der Waals surface area (Å²) in [6, 6.07) is 15.7. The van der Waals surface area contributed by atoms with Crippen molar-refractivity contribution >= 4 is 46.3 Å². The van der Waals surface area contributed by atoms with Crippen LogP contribution in [0.3, 0.4) is 0 Å². The van der Waals surface area contributed by atoms with E-state index in [1.54, 1.807) is 18.2 Å². The van der Waals surface area contributed by atoms with Crippen molar-refractivity contribution in [2.75, 3.05) is 37.7 Å². The van der Waals surface area contributed by atoms with Crippen LogP contribution in [0, 0.1) is 6.92 Å². The number of imide groups is 1. The van der Waals surface area contributed by atoms with Gasteiger partial charge in [-0.25, -0.2) is 0 Å². The molecule has 2 aromatic carbocycles. The SMILES string of the molecule is Cc1cccc(N2CCN(CN3C(=O)SC(=Cc4ccc(Cl)cc4)C3=O)CC2)c1. The van der Waals surface area contributed by atoms with Gasteiger partial charge in [0.25, 0.3) is 11.1 Å². The quantitative estimate of drug-likeness (QED) is 0.674. The highest BCUT2D eigenvalue weighted by Crippen LogP contribution is 2.32. The van der Waals surface area contributed by atoms with Gasteiger partial charge in [0.1, 0.15) is 0 Å². The van der Waals surface area contributed by atoms with Crippen molar-refractivity contribution in [1.29, 1.82) is 0 Å². The molecule has 2 amide bonds. The number of halogens is 1. The zero-order chi connectivity index (χ0) is 20.4. The van der Waals surface area contributed by atoms with Gasteiger partial charge in [0, 0.05) is 36.9 Å². The monoisotopic (exact) mass is 427 g/mol. The van der Waals surface area contributed by atoms with Crippen molar-refractivity contribution in [3.8, 4) is 0 Å². The first-order valence-corrected chi connectivity index (χ1v) is 10.7. The number of rotatable bonds is 4. The number of nitrogens with zero attached hydrogens (tertiary/aromatic N) is 3. The number of hydrogen-bond donors (Lipinski definition) is 0. The van der Waals surface area contributed by atoms with E-state index in [2.05, 4.69) is 41.0 Å². The Morgan fingerprint density at radius 3 is 2.45 bits per heavy atom.